The summed E-state index contributed by atoms with van der Waals surface area (Å²) in [5, 5.41) is 10.9. The van der Waals surface area contributed by atoms with Crippen molar-refractivity contribution in [1.29, 1.82) is 0 Å². The van der Waals surface area contributed by atoms with Crippen molar-refractivity contribution in [2.75, 3.05) is 0 Å². The third-order valence-corrected chi connectivity index (χ3v) is 7.97. The van der Waals surface area contributed by atoms with Crippen LogP contribution in [0.3, 0.4) is 0 Å². The molecule has 0 saturated heterocycles. The Kier molecular flexibility index (Phi) is 17.7. The second kappa shape index (κ2) is 19.7. The molecular formula is C37H60O5. The monoisotopic (exact) mass is 584 g/mol. The molecule has 0 atom stereocenters. The molecule has 0 fully saturated rings. The van der Waals surface area contributed by atoms with Crippen molar-refractivity contribution in [2.24, 2.45) is 0 Å². The van der Waals surface area contributed by atoms with Crippen LogP contribution in [0.5, 0.6) is 5.75 Å². The highest BCUT2D eigenvalue weighted by molar-refractivity contribution is 6.02. The van der Waals surface area contributed by atoms with Gasteiger partial charge in [-0.2, -0.15) is 0 Å². The molecule has 0 aliphatic rings. The second-order valence-electron chi connectivity index (χ2n) is 14.1. The fraction of sp³-hybridized carbons (Fsp3) is 0.730. The Balaban J connectivity index is 2.34. The van der Waals surface area contributed by atoms with Gasteiger partial charge in [0.1, 0.15) is 5.75 Å². The van der Waals surface area contributed by atoms with E-state index >= 15 is 0 Å². The molecule has 0 radical (unpaired) electrons. The van der Waals surface area contributed by atoms with Crippen LogP contribution in [0.1, 0.15) is 174 Å². The van der Waals surface area contributed by atoms with Gasteiger partial charge in [0.25, 0.3) is 5.76 Å². The van der Waals surface area contributed by atoms with E-state index in [1.54, 1.807) is 0 Å². The molecule has 5 heteroatoms. The van der Waals surface area contributed by atoms with Gasteiger partial charge in [-0.25, -0.2) is 4.79 Å². The lowest BCUT2D eigenvalue weighted by Crippen LogP contribution is -2.18. The molecule has 0 saturated carbocycles. The van der Waals surface area contributed by atoms with Crippen LogP contribution in [0.25, 0.3) is 0 Å². The zero-order valence-corrected chi connectivity index (χ0v) is 28.0. The van der Waals surface area contributed by atoms with E-state index < -0.39 is 17.5 Å². The number of phenols is 1. The SMILES string of the molecule is CCCCCCCCCCCCCCCCCC(=O)C(=C=O)OC(=O)CCc1cc(C(C)(C)C)c(O)c(C(C)(C)C)c1. The molecule has 1 aromatic carbocycles. The van der Waals surface area contributed by atoms with E-state index in [0.29, 0.717) is 12.8 Å². The number of Topliss-reactive ketones (excluding diaryl/α,β-unsaturated/α-hetero) is 1. The van der Waals surface area contributed by atoms with Crippen molar-refractivity contribution >= 4 is 17.7 Å². The van der Waals surface area contributed by atoms with Crippen molar-refractivity contribution in [2.45, 2.75) is 175 Å². The molecule has 1 rings (SSSR count). The third kappa shape index (κ3) is 15.2. The molecule has 0 unspecified atom stereocenters. The average molecular weight is 585 g/mol. The molecule has 0 aliphatic carbocycles. The van der Waals surface area contributed by atoms with Crippen molar-refractivity contribution in [1.82, 2.24) is 0 Å². The highest BCUT2D eigenvalue weighted by Crippen LogP contribution is 2.40. The maximum atomic E-state index is 12.5. The Labute approximate surface area is 256 Å². The molecule has 0 aromatic heterocycles. The van der Waals surface area contributed by atoms with Gasteiger partial charge >= 0.3 is 5.97 Å². The fourth-order valence-electron chi connectivity index (χ4n) is 5.30. The van der Waals surface area contributed by atoms with Crippen LogP contribution in [-0.4, -0.2) is 22.8 Å². The Bertz CT molecular complexity index is 967. The molecule has 0 heterocycles. The lowest BCUT2D eigenvalue weighted by Gasteiger charge is -2.28. The first-order valence-corrected chi connectivity index (χ1v) is 16.7. The molecule has 0 bridgehead atoms. The Morgan fingerprint density at radius 2 is 1.10 bits per heavy atom. The van der Waals surface area contributed by atoms with E-state index in [1.165, 1.54) is 83.0 Å². The molecule has 0 amide bonds. The van der Waals surface area contributed by atoms with Gasteiger partial charge in [-0.3, -0.25) is 9.59 Å². The van der Waals surface area contributed by atoms with E-state index in [0.717, 1.165) is 29.5 Å². The summed E-state index contributed by atoms with van der Waals surface area (Å²) in [5.41, 5.74) is 2.01. The van der Waals surface area contributed by atoms with Gasteiger partial charge < -0.3 is 9.84 Å². The summed E-state index contributed by atoms with van der Waals surface area (Å²) in [7, 11) is 0. The first-order valence-electron chi connectivity index (χ1n) is 16.7. The lowest BCUT2D eigenvalue weighted by atomic mass is 9.78. The highest BCUT2D eigenvalue weighted by Gasteiger charge is 2.27. The lowest BCUT2D eigenvalue weighted by molar-refractivity contribution is -0.142. The molecule has 238 valence electrons. The van der Waals surface area contributed by atoms with Gasteiger partial charge in [-0.15, -0.1) is 0 Å². The highest BCUT2D eigenvalue weighted by atomic mass is 16.5. The van der Waals surface area contributed by atoms with Gasteiger partial charge in [-0.05, 0) is 40.4 Å². The summed E-state index contributed by atoms with van der Waals surface area (Å²) < 4.78 is 5.13. The van der Waals surface area contributed by atoms with Gasteiger partial charge in [-0.1, -0.05) is 150 Å². The van der Waals surface area contributed by atoms with Crippen LogP contribution in [-0.2, 0) is 36.4 Å². The van der Waals surface area contributed by atoms with E-state index in [1.807, 2.05) is 53.7 Å². The summed E-state index contributed by atoms with van der Waals surface area (Å²) in [6.07, 6.45) is 19.2. The minimum absolute atomic E-state index is 0.0232. The normalized spacial score (nSPS) is 11.8. The predicted molar refractivity (Wildman–Crippen MR) is 174 cm³/mol. The number of ether oxygens (including phenoxy) is 1. The molecule has 0 spiro atoms. The van der Waals surface area contributed by atoms with Gasteiger partial charge in [0.05, 0.1) is 6.42 Å². The predicted octanol–water partition coefficient (Wildman–Crippen LogP) is 10.0. The summed E-state index contributed by atoms with van der Waals surface area (Å²) in [4.78, 5) is 36.3. The Hall–Kier alpha value is -2.39. The molecule has 42 heavy (non-hydrogen) atoms. The maximum absolute atomic E-state index is 12.5. The summed E-state index contributed by atoms with van der Waals surface area (Å²) in [6, 6.07) is 3.85. The summed E-state index contributed by atoms with van der Waals surface area (Å²) >= 11 is 0. The van der Waals surface area contributed by atoms with Crippen LogP contribution >= 0.6 is 0 Å². The number of carbonyl (C=O) groups excluding carboxylic acids is 3. The van der Waals surface area contributed by atoms with E-state index in [-0.39, 0.29) is 29.4 Å². The van der Waals surface area contributed by atoms with Crippen LogP contribution in [0.4, 0.5) is 0 Å². The first-order chi connectivity index (χ1) is 19.8. The van der Waals surface area contributed by atoms with Gasteiger partial charge in [0.2, 0.25) is 5.78 Å². The first kappa shape index (κ1) is 37.6. The van der Waals surface area contributed by atoms with E-state index in [2.05, 4.69) is 6.92 Å². The Morgan fingerprint density at radius 3 is 1.48 bits per heavy atom. The third-order valence-electron chi connectivity index (χ3n) is 7.97. The van der Waals surface area contributed by atoms with Gasteiger partial charge in [0.15, 0.2) is 5.94 Å². The number of benzene rings is 1. The van der Waals surface area contributed by atoms with Crippen LogP contribution < -0.4 is 0 Å². The Morgan fingerprint density at radius 1 is 0.690 bits per heavy atom. The number of carbonyl (C=O) groups is 2. The quantitative estimate of drug-likeness (QED) is 0.0511. The number of phenolic OH excluding ortho intramolecular Hbond substituents is 1. The minimum atomic E-state index is -0.624. The van der Waals surface area contributed by atoms with E-state index in [9.17, 15) is 19.5 Å². The molecular weight excluding hydrogens is 524 g/mol. The molecule has 5 nitrogen and oxygen atoms in total. The molecule has 0 aliphatic heterocycles. The number of allylic oxidation sites excluding steroid dienone is 1. The number of esters is 1. The van der Waals surface area contributed by atoms with Crippen molar-refractivity contribution in [3.05, 3.63) is 34.6 Å². The number of hydrogen-bond acceptors (Lipinski definition) is 5. The number of aryl methyl sites for hydroxylation is 1. The second-order valence-corrected chi connectivity index (χ2v) is 14.1. The number of unbranched alkanes of at least 4 members (excludes halogenated alkanes) is 14. The zero-order valence-electron chi connectivity index (χ0n) is 28.0. The number of hydrogen-bond donors (Lipinski definition) is 1. The minimum Gasteiger partial charge on any atom is -0.507 e. The molecule has 1 aromatic rings. The number of rotatable bonds is 21. The van der Waals surface area contributed by atoms with Gasteiger partial charge in [0, 0.05) is 6.42 Å². The van der Waals surface area contributed by atoms with Crippen molar-refractivity contribution in [3.63, 3.8) is 0 Å². The van der Waals surface area contributed by atoms with Crippen LogP contribution in [0.2, 0.25) is 0 Å². The van der Waals surface area contributed by atoms with Crippen LogP contribution in [0, 0.1) is 0 Å². The van der Waals surface area contributed by atoms with E-state index in [4.69, 9.17) is 4.74 Å². The maximum Gasteiger partial charge on any atom is 0.312 e. The van der Waals surface area contributed by atoms with Crippen molar-refractivity contribution in [3.8, 4) is 5.75 Å². The summed E-state index contributed by atoms with van der Waals surface area (Å²) in [6.45, 7) is 14.5. The average Bonchev–Trinajstić information content (AvgIpc) is 2.91. The number of aromatic hydroxyl groups is 1. The smallest absolute Gasteiger partial charge is 0.312 e. The van der Waals surface area contributed by atoms with Crippen molar-refractivity contribution < 1.29 is 24.2 Å². The molecule has 1 N–H and O–H groups in total. The topological polar surface area (TPSA) is 80.7 Å². The largest absolute Gasteiger partial charge is 0.507 e. The zero-order chi connectivity index (χ0) is 31.6. The fourth-order valence-corrected chi connectivity index (χ4v) is 5.30. The van der Waals surface area contributed by atoms with Crippen LogP contribution in [0.15, 0.2) is 17.9 Å². The summed E-state index contributed by atoms with van der Waals surface area (Å²) in [5.74, 6) is 0.236. The standard InChI is InChI=1S/C37H60O5/c1-8-9-10-11-12-13-14-15-16-17-18-19-20-21-22-23-32(39)33(28-38)42-34(40)25-24-29-26-30(36(2,3)4)35(41)31(27-29)37(5,6)7/h26-27,41H,8-25H2,1-7H3. The number of ketones is 1.